The van der Waals surface area contributed by atoms with E-state index >= 15 is 0 Å². The standard InChI is InChI=1S/C14H10F3N5OS.C6H12FNO/c1-22-5-7(4-19-22)20-13(23)11-12(18)24-14(21-11)8-2-6(15)3-9(16)10(8)17;7-5-4-9-3-1-2-6(5)8/h2-5H,18H2,1H3,(H,20,23);5-6H,1-4,8H2. The maximum absolute atomic E-state index is 13.8. The van der Waals surface area contributed by atoms with Crippen LogP contribution in [0.2, 0.25) is 0 Å². The lowest BCUT2D eigenvalue weighted by molar-refractivity contribution is 0.0923. The highest BCUT2D eigenvalue weighted by Gasteiger charge is 2.22. The smallest absolute Gasteiger partial charge is 0.277 e. The largest absolute Gasteiger partial charge is 0.389 e. The minimum absolute atomic E-state index is 0.00420. The van der Waals surface area contributed by atoms with Crippen molar-refractivity contribution < 1.29 is 27.1 Å². The zero-order chi connectivity index (χ0) is 24.1. The monoisotopic (exact) mass is 486 g/mol. The van der Waals surface area contributed by atoms with Gasteiger partial charge in [0.15, 0.2) is 17.3 Å². The first kappa shape index (κ1) is 24.6. The number of hydrogen-bond acceptors (Lipinski definition) is 7. The van der Waals surface area contributed by atoms with E-state index in [9.17, 15) is 22.4 Å². The number of halogens is 4. The lowest BCUT2D eigenvalue weighted by atomic mass is 10.1. The zero-order valence-electron chi connectivity index (χ0n) is 17.5. The van der Waals surface area contributed by atoms with E-state index in [1.807, 2.05) is 0 Å². The van der Waals surface area contributed by atoms with Crippen LogP contribution in [0.25, 0.3) is 10.6 Å². The molecule has 8 nitrogen and oxygen atoms in total. The van der Waals surface area contributed by atoms with Crippen molar-refractivity contribution in [3.05, 3.63) is 47.7 Å². The summed E-state index contributed by atoms with van der Waals surface area (Å²) in [6.45, 7) is 0.843. The second-order valence-corrected chi connectivity index (χ2v) is 8.27. The number of amides is 1. The van der Waals surface area contributed by atoms with E-state index in [0.29, 0.717) is 18.4 Å². The topological polar surface area (TPSA) is 121 Å². The number of anilines is 2. The molecule has 3 heterocycles. The number of carbonyl (C=O) groups is 1. The van der Waals surface area contributed by atoms with E-state index < -0.39 is 35.1 Å². The summed E-state index contributed by atoms with van der Waals surface area (Å²) < 4.78 is 59.4. The van der Waals surface area contributed by atoms with E-state index in [1.54, 1.807) is 13.2 Å². The molecule has 5 N–H and O–H groups in total. The Labute approximate surface area is 190 Å². The van der Waals surface area contributed by atoms with Crippen molar-refractivity contribution >= 4 is 27.9 Å². The Bertz CT molecular complexity index is 1110. The predicted molar refractivity (Wildman–Crippen MR) is 116 cm³/mol. The van der Waals surface area contributed by atoms with Crippen molar-refractivity contribution in [2.45, 2.75) is 25.1 Å². The average Bonchev–Trinajstić information content (AvgIpc) is 3.29. The summed E-state index contributed by atoms with van der Waals surface area (Å²) in [6, 6.07) is 0.915. The van der Waals surface area contributed by atoms with Crippen LogP contribution >= 0.6 is 11.3 Å². The number of nitrogen functional groups attached to an aromatic ring is 1. The van der Waals surface area contributed by atoms with E-state index in [1.165, 1.54) is 10.9 Å². The summed E-state index contributed by atoms with van der Waals surface area (Å²) in [5.41, 5.74) is 11.0. The molecule has 13 heteroatoms. The van der Waals surface area contributed by atoms with Crippen molar-refractivity contribution in [1.29, 1.82) is 0 Å². The van der Waals surface area contributed by atoms with Crippen LogP contribution in [0.1, 0.15) is 23.3 Å². The van der Waals surface area contributed by atoms with Gasteiger partial charge in [-0.2, -0.15) is 5.10 Å². The number of ether oxygens (including phenoxy) is 1. The fraction of sp³-hybridized carbons (Fsp3) is 0.350. The van der Waals surface area contributed by atoms with Gasteiger partial charge < -0.3 is 21.5 Å². The summed E-state index contributed by atoms with van der Waals surface area (Å²) in [5, 5.41) is 6.31. The Kier molecular flexibility index (Phi) is 8.00. The molecule has 2 atom stereocenters. The third-order valence-corrected chi connectivity index (χ3v) is 5.54. The maximum Gasteiger partial charge on any atom is 0.277 e. The van der Waals surface area contributed by atoms with Gasteiger partial charge in [-0.1, -0.05) is 11.3 Å². The van der Waals surface area contributed by atoms with Crippen LogP contribution in [0.3, 0.4) is 0 Å². The molecule has 1 aliphatic rings. The number of carbonyl (C=O) groups excluding carboxylic acids is 1. The first-order valence-corrected chi connectivity index (χ1v) is 10.7. The molecule has 0 radical (unpaired) electrons. The molecule has 1 fully saturated rings. The molecule has 0 aliphatic carbocycles. The number of rotatable bonds is 3. The van der Waals surface area contributed by atoms with Gasteiger partial charge in [-0.15, -0.1) is 0 Å². The second-order valence-electron chi connectivity index (χ2n) is 7.23. The molecule has 178 valence electrons. The van der Waals surface area contributed by atoms with E-state index in [-0.39, 0.29) is 28.4 Å². The van der Waals surface area contributed by atoms with Crippen molar-refractivity contribution in [1.82, 2.24) is 14.8 Å². The number of nitrogens with one attached hydrogen (secondary N) is 1. The molecule has 1 aromatic carbocycles. The third kappa shape index (κ3) is 6.27. The quantitative estimate of drug-likeness (QED) is 0.386. The molecule has 1 saturated heterocycles. The fourth-order valence-electron chi connectivity index (χ4n) is 2.92. The second kappa shape index (κ2) is 10.7. The van der Waals surface area contributed by atoms with Crippen molar-refractivity contribution in [2.75, 3.05) is 24.3 Å². The van der Waals surface area contributed by atoms with Crippen molar-refractivity contribution in [3.8, 4) is 10.6 Å². The molecule has 0 spiro atoms. The molecule has 2 unspecified atom stereocenters. The molecule has 1 amide bonds. The van der Waals surface area contributed by atoms with Crippen molar-refractivity contribution in [3.63, 3.8) is 0 Å². The Balaban J connectivity index is 0.000000286. The highest BCUT2D eigenvalue weighted by atomic mass is 32.1. The van der Waals surface area contributed by atoms with Gasteiger partial charge >= 0.3 is 0 Å². The van der Waals surface area contributed by atoms with Gasteiger partial charge in [-0.05, 0) is 18.9 Å². The molecule has 33 heavy (non-hydrogen) atoms. The molecule has 1 aliphatic heterocycles. The molecular formula is C20H22F4N6O2S. The number of nitrogens with two attached hydrogens (primary N) is 2. The summed E-state index contributed by atoms with van der Waals surface area (Å²) in [6.07, 6.45) is 3.67. The SMILES string of the molecule is Cn1cc(NC(=O)c2nc(-c3cc(F)cc(F)c3F)sc2N)cn1.NC1CCCOCC1F. The van der Waals surface area contributed by atoms with Crippen LogP contribution < -0.4 is 16.8 Å². The van der Waals surface area contributed by atoms with E-state index in [0.717, 1.165) is 30.2 Å². The maximum atomic E-state index is 13.8. The number of benzene rings is 1. The van der Waals surface area contributed by atoms with E-state index in [4.69, 9.17) is 16.2 Å². The first-order valence-electron chi connectivity index (χ1n) is 9.84. The predicted octanol–water partition coefficient (Wildman–Crippen LogP) is 3.26. The molecule has 2 aromatic heterocycles. The summed E-state index contributed by atoms with van der Waals surface area (Å²) >= 11 is 0.755. The fourth-order valence-corrected chi connectivity index (χ4v) is 3.76. The van der Waals surface area contributed by atoms with E-state index in [2.05, 4.69) is 15.4 Å². The zero-order valence-corrected chi connectivity index (χ0v) is 18.3. The normalized spacial score (nSPS) is 18.2. The Hall–Kier alpha value is -3.03. The van der Waals surface area contributed by atoms with Gasteiger partial charge in [-0.3, -0.25) is 9.48 Å². The molecular weight excluding hydrogens is 464 g/mol. The highest BCUT2D eigenvalue weighted by Crippen LogP contribution is 2.33. The van der Waals surface area contributed by atoms with Gasteiger partial charge in [-0.25, -0.2) is 22.5 Å². The Morgan fingerprint density at radius 3 is 2.79 bits per heavy atom. The highest BCUT2D eigenvalue weighted by molar-refractivity contribution is 7.19. The minimum Gasteiger partial charge on any atom is -0.389 e. The number of aromatic nitrogens is 3. The number of alkyl halides is 1. The summed E-state index contributed by atoms with van der Waals surface area (Å²) in [4.78, 5) is 16.1. The molecule has 4 rings (SSSR count). The average molecular weight is 486 g/mol. The van der Waals surface area contributed by atoms with Gasteiger partial charge in [0.05, 0.1) is 24.1 Å². The number of nitrogens with zero attached hydrogens (tertiary/aromatic N) is 3. The van der Waals surface area contributed by atoms with Gasteiger partial charge in [0.25, 0.3) is 5.91 Å². The van der Waals surface area contributed by atoms with Crippen molar-refractivity contribution in [2.24, 2.45) is 12.8 Å². The van der Waals surface area contributed by atoms with Gasteiger partial charge in [0.1, 0.15) is 22.0 Å². The number of hydrogen-bond donors (Lipinski definition) is 3. The Morgan fingerprint density at radius 1 is 1.33 bits per heavy atom. The molecule has 0 bridgehead atoms. The number of aryl methyl sites for hydroxylation is 1. The van der Waals surface area contributed by atoms with Crippen LogP contribution in [0, 0.1) is 17.5 Å². The third-order valence-electron chi connectivity index (χ3n) is 4.62. The minimum atomic E-state index is -1.35. The lowest BCUT2D eigenvalue weighted by Crippen LogP contribution is -2.32. The number of thiazole rings is 1. The first-order chi connectivity index (χ1) is 15.7. The summed E-state index contributed by atoms with van der Waals surface area (Å²) in [7, 11) is 1.67. The summed E-state index contributed by atoms with van der Waals surface area (Å²) in [5.74, 6) is -4.20. The van der Waals surface area contributed by atoms with Crippen LogP contribution in [0.4, 0.5) is 28.3 Å². The van der Waals surface area contributed by atoms with Crippen LogP contribution in [-0.4, -0.2) is 46.1 Å². The molecule has 0 saturated carbocycles. The van der Waals surface area contributed by atoms with Crippen LogP contribution in [0.15, 0.2) is 24.5 Å². The van der Waals surface area contributed by atoms with Gasteiger partial charge in [0.2, 0.25) is 0 Å². The van der Waals surface area contributed by atoms with Crippen LogP contribution in [-0.2, 0) is 11.8 Å². The van der Waals surface area contributed by atoms with Crippen LogP contribution in [0.5, 0.6) is 0 Å². The van der Waals surface area contributed by atoms with Gasteiger partial charge in [0, 0.05) is 32.0 Å². The Morgan fingerprint density at radius 2 is 2.09 bits per heavy atom. The molecule has 3 aromatic rings. The lowest BCUT2D eigenvalue weighted by Gasteiger charge is -2.10.